The van der Waals surface area contributed by atoms with Gasteiger partial charge in [0.2, 0.25) is 0 Å². The highest BCUT2D eigenvalue weighted by Gasteiger charge is 2.61. The lowest BCUT2D eigenvalue weighted by Crippen LogP contribution is -2.57. The third kappa shape index (κ3) is 4.35. The molecule has 1 aromatic heterocycles. The number of aryl methyl sites for hydroxylation is 1. The molecule has 0 saturated heterocycles. The van der Waals surface area contributed by atoms with Gasteiger partial charge in [0.05, 0.1) is 16.6 Å². The molecule has 4 aliphatic carbocycles. The normalized spacial score (nSPS) is 26.3. The predicted molar refractivity (Wildman–Crippen MR) is 250 cm³/mol. The monoisotopic (exact) mass is 777 g/mol. The lowest BCUT2D eigenvalue weighted by molar-refractivity contribution is 0.195. The van der Waals surface area contributed by atoms with Gasteiger partial charge in [0.25, 0.3) is 0 Å². The van der Waals surface area contributed by atoms with Gasteiger partial charge in [0, 0.05) is 50.5 Å². The predicted octanol–water partition coefficient (Wildman–Crippen LogP) is 12.0. The van der Waals surface area contributed by atoms with Crippen LogP contribution in [0.5, 0.6) is 0 Å². The number of hydrogen-bond acceptors (Lipinski definition) is 3. The van der Waals surface area contributed by atoms with Crippen LogP contribution in [0, 0.1) is 37.3 Å². The topological polar surface area (TPSA) is 28.4 Å². The summed E-state index contributed by atoms with van der Waals surface area (Å²) in [6.07, 6.45) is 29.0. The second-order valence-electron chi connectivity index (χ2n) is 19.9. The minimum absolute atomic E-state index is 0.00471. The van der Waals surface area contributed by atoms with E-state index in [1.807, 2.05) is 6.08 Å². The molecule has 293 valence electrons. The molecule has 1 radical (unpaired) electrons. The van der Waals surface area contributed by atoms with Crippen LogP contribution in [0.15, 0.2) is 101 Å². The summed E-state index contributed by atoms with van der Waals surface area (Å²) < 4.78 is 6.94. The van der Waals surface area contributed by atoms with Crippen molar-refractivity contribution in [3.63, 3.8) is 0 Å². The van der Waals surface area contributed by atoms with E-state index in [0.29, 0.717) is 0 Å². The third-order valence-corrected chi connectivity index (χ3v) is 16.1. The number of rotatable bonds is 2. The average molecular weight is 778 g/mol. The minimum atomic E-state index is -0.327. The van der Waals surface area contributed by atoms with Crippen LogP contribution in [0.1, 0.15) is 119 Å². The summed E-state index contributed by atoms with van der Waals surface area (Å²) in [5, 5.41) is 5.32. The van der Waals surface area contributed by atoms with Crippen LogP contribution in [-0.2, 0) is 16.2 Å². The Morgan fingerprint density at radius 2 is 1.88 bits per heavy atom. The number of allylic oxidation sites excluding steroid dienone is 8. The number of nitrogens with zero attached hydrogens (tertiary/aromatic N) is 1. The molecule has 1 saturated carbocycles. The fraction of sp³-hybridized carbons (Fsp3) is 0.321. The van der Waals surface area contributed by atoms with E-state index in [-0.39, 0.29) is 27.7 Å². The molecule has 0 bridgehead atoms. The van der Waals surface area contributed by atoms with Gasteiger partial charge in [-0.1, -0.05) is 119 Å². The number of fused-ring (bicyclic) bond motifs is 15. The van der Waals surface area contributed by atoms with Crippen molar-refractivity contribution in [3.05, 3.63) is 148 Å². The number of benzene rings is 3. The van der Waals surface area contributed by atoms with Gasteiger partial charge in [0.15, 0.2) is 7.28 Å². The Balaban J connectivity index is 1.19. The van der Waals surface area contributed by atoms with Crippen LogP contribution in [0.2, 0.25) is 0 Å². The highest BCUT2D eigenvalue weighted by molar-refractivity contribution is 6.74. The van der Waals surface area contributed by atoms with Crippen molar-refractivity contribution in [2.45, 2.75) is 108 Å². The molecule has 0 amide bonds. The molecule has 4 heteroatoms. The molecule has 1 N–H and O–H groups in total. The van der Waals surface area contributed by atoms with Crippen LogP contribution in [0.25, 0.3) is 33.7 Å². The van der Waals surface area contributed by atoms with Crippen LogP contribution < -0.4 is 21.1 Å². The lowest BCUT2D eigenvalue weighted by Gasteiger charge is -2.51. The summed E-state index contributed by atoms with van der Waals surface area (Å²) in [5.41, 5.74) is 21.3. The quantitative estimate of drug-likeness (QED) is 0.143. The maximum atomic E-state index is 6.94. The first kappa shape index (κ1) is 36.1. The van der Waals surface area contributed by atoms with Crippen LogP contribution in [0.3, 0.4) is 0 Å². The third-order valence-electron chi connectivity index (χ3n) is 16.1. The highest BCUT2D eigenvalue weighted by atomic mass is 16.3. The van der Waals surface area contributed by atoms with Crippen molar-refractivity contribution in [3.8, 4) is 23.5 Å². The summed E-state index contributed by atoms with van der Waals surface area (Å²) in [7, 11) is 2.54. The molecule has 12 rings (SSSR count). The fourth-order valence-corrected chi connectivity index (χ4v) is 13.1. The van der Waals surface area contributed by atoms with E-state index >= 15 is 0 Å². The van der Waals surface area contributed by atoms with E-state index in [1.54, 1.807) is 6.08 Å². The number of anilines is 3. The Morgan fingerprint density at radius 3 is 2.73 bits per heavy atom. The Hall–Kier alpha value is -5.84. The van der Waals surface area contributed by atoms with Crippen molar-refractivity contribution in [1.29, 1.82) is 0 Å². The first-order valence-corrected chi connectivity index (χ1v) is 22.2. The molecule has 60 heavy (non-hydrogen) atoms. The van der Waals surface area contributed by atoms with Gasteiger partial charge in [-0.25, -0.2) is 0 Å². The van der Waals surface area contributed by atoms with Gasteiger partial charge < -0.3 is 14.6 Å². The van der Waals surface area contributed by atoms with Crippen molar-refractivity contribution < 1.29 is 4.42 Å². The molecule has 1 fully saturated rings. The van der Waals surface area contributed by atoms with Crippen LogP contribution >= 0.6 is 0 Å². The van der Waals surface area contributed by atoms with E-state index in [9.17, 15) is 0 Å². The van der Waals surface area contributed by atoms with Crippen molar-refractivity contribution in [2.24, 2.45) is 5.92 Å². The van der Waals surface area contributed by atoms with Crippen molar-refractivity contribution in [1.82, 2.24) is 0 Å². The average Bonchev–Trinajstić information content (AvgIpc) is 3.81. The molecular weight excluding hydrogens is 727 g/mol. The van der Waals surface area contributed by atoms with Gasteiger partial charge in [-0.15, -0.1) is 6.42 Å². The molecule has 3 aliphatic heterocycles. The van der Waals surface area contributed by atoms with Gasteiger partial charge in [0.1, 0.15) is 11.3 Å². The zero-order chi connectivity index (χ0) is 40.9. The molecule has 3 nitrogen and oxygen atoms in total. The van der Waals surface area contributed by atoms with Crippen molar-refractivity contribution in [2.75, 3.05) is 10.2 Å². The Labute approximate surface area is 356 Å². The SMILES string of the molecule is C#C/C=C\c1oc2cc(-c3cccc4c3NC3=C(CCC=C3)C43c4ccc#cc4C4=CC=CCC43)c3c(c2c1C)N1c2c(cc(C(C)(C)C)cc2C2(C)CCCCC12C)[B]3. The van der Waals surface area contributed by atoms with Gasteiger partial charge >= 0.3 is 0 Å². The minimum Gasteiger partial charge on any atom is -0.456 e. The van der Waals surface area contributed by atoms with E-state index in [4.69, 9.17) is 10.8 Å². The fourth-order valence-electron chi connectivity index (χ4n) is 13.1. The standard InChI is InChI=1S/C56H50BN2O/c1-8-9-27-46-33(2)48-47(60-46)32-38(49-52(48)59-51-43(54(6)28-16-17-29-55(54,59)7)30-34(53(3,4)5)31-44(51)57-49)37-21-18-25-42-50(37)58-45-26-15-14-24-41(45)56(42)39-22-12-10-19-35(39)36-20-11-13-23-40(36)56/h1,9-10,12-13,15,18-19,21,23,25-27,30-32,39,58H,14,16-17,22,24,28-29H2,2-7H3/b27-9-. The molecule has 4 atom stereocenters. The number of nitrogens with one attached hydrogen (secondary N) is 1. The summed E-state index contributed by atoms with van der Waals surface area (Å²) in [6.45, 7) is 14.4. The number of hydrogen-bond donors (Lipinski definition) is 1. The molecule has 1 spiro atoms. The molecule has 4 aromatic carbocycles. The second-order valence-corrected chi connectivity index (χ2v) is 19.9. The highest BCUT2D eigenvalue weighted by Crippen LogP contribution is 2.66. The maximum absolute atomic E-state index is 6.94. The maximum Gasteiger partial charge on any atom is 0.197 e. The van der Waals surface area contributed by atoms with E-state index < -0.39 is 0 Å². The largest absolute Gasteiger partial charge is 0.456 e. The van der Waals surface area contributed by atoms with Crippen LogP contribution in [0.4, 0.5) is 17.1 Å². The first-order valence-electron chi connectivity index (χ1n) is 22.2. The Kier molecular flexibility index (Phi) is 7.29. The zero-order valence-electron chi connectivity index (χ0n) is 35.7. The number of para-hydroxylation sites is 1. The second kappa shape index (κ2) is 12.1. The summed E-state index contributed by atoms with van der Waals surface area (Å²) in [4.78, 5) is 2.81. The van der Waals surface area contributed by atoms with Crippen molar-refractivity contribution >= 4 is 57.9 Å². The summed E-state index contributed by atoms with van der Waals surface area (Å²) in [5.74, 6) is 3.81. The lowest BCUT2D eigenvalue weighted by atomic mass is 9.56. The number of terminal acetylenes is 1. The van der Waals surface area contributed by atoms with E-state index in [2.05, 4.69) is 156 Å². The molecule has 5 aromatic rings. The smallest absolute Gasteiger partial charge is 0.197 e. The molecule has 4 unspecified atom stereocenters. The van der Waals surface area contributed by atoms with Gasteiger partial charge in [-0.2, -0.15) is 0 Å². The number of furan rings is 1. The van der Waals surface area contributed by atoms with Gasteiger partial charge in [-0.3, -0.25) is 0 Å². The summed E-state index contributed by atoms with van der Waals surface area (Å²) in [6, 6.07) is 25.9. The molecule has 4 heterocycles. The Morgan fingerprint density at radius 1 is 1.02 bits per heavy atom. The first-order chi connectivity index (χ1) is 29.0. The van der Waals surface area contributed by atoms with Gasteiger partial charge in [-0.05, 0) is 132 Å². The van der Waals surface area contributed by atoms with Crippen LogP contribution in [-0.4, -0.2) is 12.8 Å². The zero-order valence-corrected chi connectivity index (χ0v) is 35.7. The van der Waals surface area contributed by atoms with E-state index in [0.717, 1.165) is 42.6 Å². The summed E-state index contributed by atoms with van der Waals surface area (Å²) >= 11 is 0. The van der Waals surface area contributed by atoms with E-state index in [1.165, 1.54) is 108 Å². The Bertz CT molecular complexity index is 2970. The molecular formula is C56H50BN2O. The molecule has 7 aliphatic rings.